The Morgan fingerprint density at radius 1 is 0.930 bits per heavy atom. The molecule has 43 heavy (non-hydrogen) atoms. The molecule has 5 rings (SSSR count). The van der Waals surface area contributed by atoms with Crippen LogP contribution in [0.1, 0.15) is 37.6 Å². The van der Waals surface area contributed by atoms with E-state index in [0.29, 0.717) is 29.3 Å². The van der Waals surface area contributed by atoms with Crippen molar-refractivity contribution in [2.45, 2.75) is 38.9 Å². The standard InChI is InChI=1S/C31H37F3N8O/c1-30(2,3)25-17-24(26-27(35)39-41(5)28(26)38-25)20-6-8-22(9-7-20)36-29(43)37-23-15-19(14-21(16-23)31(32,33)34)18-42-12-10-40(4)11-13-42/h6-9,14-17H,10-13,18H2,1-5H3,(H2,35,39)(H2,36,37,43). The zero-order chi connectivity index (χ0) is 31.1. The lowest BCUT2D eigenvalue weighted by Gasteiger charge is -2.32. The number of nitrogens with one attached hydrogen (secondary N) is 2. The van der Waals surface area contributed by atoms with Crippen molar-refractivity contribution < 1.29 is 18.0 Å². The number of nitrogens with two attached hydrogens (primary N) is 1. The van der Waals surface area contributed by atoms with Crippen molar-refractivity contribution in [2.24, 2.45) is 7.05 Å². The number of fused-ring (bicyclic) bond motifs is 1. The van der Waals surface area contributed by atoms with Gasteiger partial charge in [-0.15, -0.1) is 0 Å². The van der Waals surface area contributed by atoms with E-state index in [4.69, 9.17) is 10.7 Å². The summed E-state index contributed by atoms with van der Waals surface area (Å²) in [6, 6.07) is 12.2. The van der Waals surface area contributed by atoms with Crippen LogP contribution in [-0.2, 0) is 25.2 Å². The highest BCUT2D eigenvalue weighted by molar-refractivity contribution is 6.02. The van der Waals surface area contributed by atoms with Crippen molar-refractivity contribution in [3.8, 4) is 11.1 Å². The zero-order valence-electron chi connectivity index (χ0n) is 25.0. The Labute approximate surface area is 248 Å². The maximum absolute atomic E-state index is 13.7. The number of alkyl halides is 3. The lowest BCUT2D eigenvalue weighted by molar-refractivity contribution is -0.137. The summed E-state index contributed by atoms with van der Waals surface area (Å²) >= 11 is 0. The molecule has 228 valence electrons. The van der Waals surface area contributed by atoms with Gasteiger partial charge in [0.05, 0.1) is 10.9 Å². The molecule has 4 aromatic rings. The third-order valence-corrected chi connectivity index (χ3v) is 7.62. The number of carbonyl (C=O) groups excluding carboxylic acids is 1. The molecular weight excluding hydrogens is 557 g/mol. The van der Waals surface area contributed by atoms with E-state index >= 15 is 0 Å². The minimum Gasteiger partial charge on any atom is -0.382 e. The maximum Gasteiger partial charge on any atom is 0.416 e. The molecule has 1 aliphatic heterocycles. The van der Waals surface area contributed by atoms with Crippen LogP contribution in [0.25, 0.3) is 22.2 Å². The Balaban J connectivity index is 1.35. The monoisotopic (exact) mass is 594 g/mol. The number of aromatic nitrogens is 3. The van der Waals surface area contributed by atoms with Crippen molar-refractivity contribution >= 4 is 34.3 Å². The van der Waals surface area contributed by atoms with E-state index in [1.165, 1.54) is 0 Å². The number of carbonyl (C=O) groups is 1. The molecule has 3 heterocycles. The molecule has 4 N–H and O–H groups in total. The van der Waals surface area contributed by atoms with Gasteiger partial charge in [0.1, 0.15) is 0 Å². The summed E-state index contributed by atoms with van der Waals surface area (Å²) in [6.45, 7) is 9.84. The highest BCUT2D eigenvalue weighted by Crippen LogP contribution is 2.36. The number of anilines is 3. The number of aryl methyl sites for hydroxylation is 1. The summed E-state index contributed by atoms with van der Waals surface area (Å²) in [5.41, 5.74) is 9.56. The van der Waals surface area contributed by atoms with E-state index in [9.17, 15) is 18.0 Å². The Morgan fingerprint density at radius 2 is 1.58 bits per heavy atom. The second kappa shape index (κ2) is 11.5. The molecule has 1 fully saturated rings. The molecule has 0 atom stereocenters. The Morgan fingerprint density at radius 3 is 2.21 bits per heavy atom. The van der Waals surface area contributed by atoms with Crippen LogP contribution in [0.2, 0.25) is 0 Å². The smallest absolute Gasteiger partial charge is 0.382 e. The van der Waals surface area contributed by atoms with Crippen molar-refractivity contribution in [3.63, 3.8) is 0 Å². The van der Waals surface area contributed by atoms with Gasteiger partial charge in [0.2, 0.25) is 0 Å². The third-order valence-electron chi connectivity index (χ3n) is 7.62. The summed E-state index contributed by atoms with van der Waals surface area (Å²) in [7, 11) is 3.82. The van der Waals surface area contributed by atoms with E-state index in [1.807, 2.05) is 25.2 Å². The maximum atomic E-state index is 13.7. The summed E-state index contributed by atoms with van der Waals surface area (Å²) in [5, 5.41) is 10.4. The summed E-state index contributed by atoms with van der Waals surface area (Å²) in [4.78, 5) is 21.9. The number of likely N-dealkylation sites (N-methyl/N-ethyl adjacent to an activating group) is 1. The lowest BCUT2D eigenvalue weighted by atomic mass is 9.89. The number of benzene rings is 2. The number of rotatable bonds is 5. The van der Waals surface area contributed by atoms with Gasteiger partial charge in [-0.1, -0.05) is 32.9 Å². The van der Waals surface area contributed by atoms with Crippen LogP contribution < -0.4 is 16.4 Å². The van der Waals surface area contributed by atoms with Gasteiger partial charge in [-0.3, -0.25) is 4.90 Å². The number of nitrogen functional groups attached to an aromatic ring is 1. The minimum atomic E-state index is -4.54. The van der Waals surface area contributed by atoms with E-state index in [-0.39, 0.29) is 11.1 Å². The number of urea groups is 1. The number of hydrogen-bond donors (Lipinski definition) is 3. The van der Waals surface area contributed by atoms with Gasteiger partial charge in [-0.05, 0) is 60.1 Å². The van der Waals surface area contributed by atoms with Gasteiger partial charge in [-0.2, -0.15) is 18.3 Å². The first-order valence-corrected chi connectivity index (χ1v) is 14.1. The van der Waals surface area contributed by atoms with Crippen LogP contribution in [0.3, 0.4) is 0 Å². The van der Waals surface area contributed by atoms with Crippen molar-refractivity contribution in [2.75, 3.05) is 49.6 Å². The van der Waals surface area contributed by atoms with E-state index in [2.05, 4.69) is 46.3 Å². The Hall–Kier alpha value is -4.16. The number of halogens is 3. The fourth-order valence-electron chi connectivity index (χ4n) is 5.20. The van der Waals surface area contributed by atoms with Crippen molar-refractivity contribution in [3.05, 3.63) is 65.4 Å². The lowest BCUT2D eigenvalue weighted by Crippen LogP contribution is -2.43. The van der Waals surface area contributed by atoms with Crippen molar-refractivity contribution in [1.29, 1.82) is 0 Å². The molecule has 2 aromatic carbocycles. The van der Waals surface area contributed by atoms with Crippen LogP contribution in [0, 0.1) is 0 Å². The van der Waals surface area contributed by atoms with E-state index in [0.717, 1.165) is 60.5 Å². The normalized spacial score (nSPS) is 15.2. The van der Waals surface area contributed by atoms with Crippen LogP contribution in [0.5, 0.6) is 0 Å². The molecule has 9 nitrogen and oxygen atoms in total. The Bertz CT molecular complexity index is 1630. The van der Waals surface area contributed by atoms with Gasteiger partial charge in [-0.25, -0.2) is 14.5 Å². The molecule has 2 aromatic heterocycles. The van der Waals surface area contributed by atoms with Crippen molar-refractivity contribution in [1.82, 2.24) is 24.6 Å². The molecule has 1 aliphatic rings. The quantitative estimate of drug-likeness (QED) is 0.265. The van der Waals surface area contributed by atoms with Crippen LogP contribution in [-0.4, -0.2) is 63.8 Å². The van der Waals surface area contributed by atoms with Crippen LogP contribution in [0.4, 0.5) is 35.2 Å². The van der Waals surface area contributed by atoms with Gasteiger partial charge < -0.3 is 21.3 Å². The highest BCUT2D eigenvalue weighted by atomic mass is 19.4. The highest BCUT2D eigenvalue weighted by Gasteiger charge is 2.31. The molecule has 0 unspecified atom stereocenters. The Kier molecular flexibility index (Phi) is 8.10. The first-order chi connectivity index (χ1) is 20.2. The van der Waals surface area contributed by atoms with Crippen LogP contribution >= 0.6 is 0 Å². The molecule has 12 heteroatoms. The first kappa shape index (κ1) is 30.3. The summed E-state index contributed by atoms with van der Waals surface area (Å²) in [6.07, 6.45) is -4.54. The number of hydrogen-bond acceptors (Lipinski definition) is 6. The van der Waals surface area contributed by atoms with E-state index < -0.39 is 17.8 Å². The molecule has 0 radical (unpaired) electrons. The minimum absolute atomic E-state index is 0.0778. The topological polar surface area (TPSA) is 104 Å². The third kappa shape index (κ3) is 6.91. The molecule has 1 saturated heterocycles. The zero-order valence-corrected chi connectivity index (χ0v) is 25.0. The van der Waals surface area contributed by atoms with Gasteiger partial charge in [0, 0.05) is 62.3 Å². The molecule has 0 spiro atoms. The molecule has 0 bridgehead atoms. The first-order valence-electron chi connectivity index (χ1n) is 14.1. The number of piperazine rings is 1. The fourth-order valence-corrected chi connectivity index (χ4v) is 5.20. The van der Waals surface area contributed by atoms with Gasteiger partial charge >= 0.3 is 12.2 Å². The molecular formula is C31H37F3N8O. The molecule has 0 saturated carbocycles. The predicted molar refractivity (Wildman–Crippen MR) is 164 cm³/mol. The second-order valence-corrected chi connectivity index (χ2v) is 12.2. The number of nitrogens with zero attached hydrogens (tertiary/aromatic N) is 5. The van der Waals surface area contributed by atoms with Crippen LogP contribution in [0.15, 0.2) is 48.5 Å². The fraction of sp³-hybridized carbons (Fsp3) is 0.387. The predicted octanol–water partition coefficient (Wildman–Crippen LogP) is 5.93. The molecule has 0 aliphatic carbocycles. The average Bonchev–Trinajstić information content (AvgIpc) is 3.22. The average molecular weight is 595 g/mol. The SMILES string of the molecule is CN1CCN(Cc2cc(NC(=O)Nc3ccc(-c4cc(C(C)(C)C)nc5c4c(N)nn5C)cc3)cc(C(F)(F)F)c2)CC1. The summed E-state index contributed by atoms with van der Waals surface area (Å²) in [5.74, 6) is 0.370. The molecule has 2 amide bonds. The largest absolute Gasteiger partial charge is 0.416 e. The summed E-state index contributed by atoms with van der Waals surface area (Å²) < 4.78 is 42.7. The van der Waals surface area contributed by atoms with Gasteiger partial charge in [0.15, 0.2) is 11.5 Å². The van der Waals surface area contributed by atoms with Gasteiger partial charge in [0.25, 0.3) is 0 Å². The van der Waals surface area contributed by atoms with E-state index in [1.54, 1.807) is 29.9 Å². The second-order valence-electron chi connectivity index (χ2n) is 12.2. The number of amides is 2. The number of pyridine rings is 1.